The number of fused-ring (bicyclic) bond motifs is 1. The smallest absolute Gasteiger partial charge is 0.310 e. The third-order valence-electron chi connectivity index (χ3n) is 7.45. The number of hydrogen-bond acceptors (Lipinski definition) is 4. The van der Waals surface area contributed by atoms with Gasteiger partial charge in [-0.25, -0.2) is 0 Å². The van der Waals surface area contributed by atoms with E-state index in [1.54, 1.807) is 7.11 Å². The number of carboxylic acids is 1. The molecule has 34 heavy (non-hydrogen) atoms. The van der Waals surface area contributed by atoms with Gasteiger partial charge in [-0.3, -0.25) is 9.59 Å². The maximum Gasteiger partial charge on any atom is 0.310 e. The number of carbonyl (C=O) groups excluding carboxylic acids is 1. The molecule has 2 aliphatic rings. The van der Waals surface area contributed by atoms with E-state index in [0.29, 0.717) is 18.6 Å². The summed E-state index contributed by atoms with van der Waals surface area (Å²) in [5, 5.41) is 10.3. The lowest BCUT2D eigenvalue weighted by molar-refractivity contribution is -0.167. The van der Waals surface area contributed by atoms with Gasteiger partial charge < -0.3 is 14.6 Å². The van der Waals surface area contributed by atoms with Gasteiger partial charge in [-0.05, 0) is 40.8 Å². The van der Waals surface area contributed by atoms with E-state index in [1.165, 1.54) is 11.1 Å². The van der Waals surface area contributed by atoms with Crippen LogP contribution in [0.5, 0.6) is 5.75 Å². The van der Waals surface area contributed by atoms with Crippen molar-refractivity contribution in [3.8, 4) is 5.75 Å². The number of aliphatic carboxylic acids is 1. The minimum Gasteiger partial charge on any atom is -0.496 e. The molecule has 0 radical (unpaired) electrons. The molecular weight excluding hydrogens is 428 g/mol. The van der Waals surface area contributed by atoms with Crippen molar-refractivity contribution in [3.05, 3.63) is 101 Å². The van der Waals surface area contributed by atoms with Crippen LogP contribution in [0.25, 0.3) is 0 Å². The number of ether oxygens (including phenoxy) is 2. The summed E-state index contributed by atoms with van der Waals surface area (Å²) in [4.78, 5) is 26.3. The van der Waals surface area contributed by atoms with Crippen molar-refractivity contribution < 1.29 is 24.2 Å². The summed E-state index contributed by atoms with van der Waals surface area (Å²) in [5.41, 5.74) is 5.00. The van der Waals surface area contributed by atoms with Crippen LogP contribution in [0.2, 0.25) is 0 Å². The summed E-state index contributed by atoms with van der Waals surface area (Å²) in [6, 6.07) is 23.2. The lowest BCUT2D eigenvalue weighted by Gasteiger charge is -2.49. The minimum absolute atomic E-state index is 0.232. The average molecular weight is 457 g/mol. The molecule has 2 aliphatic carbocycles. The Kier molecular flexibility index (Phi) is 5.86. The van der Waals surface area contributed by atoms with Crippen molar-refractivity contribution in [3.63, 3.8) is 0 Å². The van der Waals surface area contributed by atoms with Gasteiger partial charge in [-0.2, -0.15) is 0 Å². The van der Waals surface area contributed by atoms with Gasteiger partial charge in [-0.1, -0.05) is 66.7 Å². The molecular formula is C29H28O5. The molecule has 4 atom stereocenters. The summed E-state index contributed by atoms with van der Waals surface area (Å²) >= 11 is 0. The van der Waals surface area contributed by atoms with E-state index in [4.69, 9.17) is 9.47 Å². The number of para-hydroxylation sites is 1. The topological polar surface area (TPSA) is 72.8 Å². The lowest BCUT2D eigenvalue weighted by Crippen LogP contribution is -2.52. The van der Waals surface area contributed by atoms with Gasteiger partial charge in [0.15, 0.2) is 0 Å². The van der Waals surface area contributed by atoms with E-state index in [1.807, 2.05) is 67.6 Å². The second-order valence-corrected chi connectivity index (χ2v) is 9.28. The second-order valence-electron chi connectivity index (χ2n) is 9.28. The fraction of sp³-hybridized carbons (Fsp3) is 0.310. The summed E-state index contributed by atoms with van der Waals surface area (Å²) in [6.45, 7) is 1.96. The van der Waals surface area contributed by atoms with Crippen LogP contribution < -0.4 is 4.74 Å². The molecule has 0 saturated heterocycles. The number of benzene rings is 3. The molecule has 0 bridgehead atoms. The Morgan fingerprint density at radius 3 is 1.97 bits per heavy atom. The summed E-state index contributed by atoms with van der Waals surface area (Å²) in [7, 11) is 1.56. The maximum atomic E-state index is 13.7. The fourth-order valence-corrected chi connectivity index (χ4v) is 5.87. The molecule has 0 heterocycles. The number of hydrogen-bond donors (Lipinski definition) is 1. The van der Waals surface area contributed by atoms with Gasteiger partial charge in [-0.15, -0.1) is 0 Å². The summed E-state index contributed by atoms with van der Waals surface area (Å²) in [6.07, 6.45) is 1.14. The van der Waals surface area contributed by atoms with Gasteiger partial charge in [0.05, 0.1) is 18.9 Å². The molecule has 5 rings (SSSR count). The van der Waals surface area contributed by atoms with Crippen LogP contribution in [0.3, 0.4) is 0 Å². The van der Waals surface area contributed by atoms with E-state index in [0.717, 1.165) is 16.7 Å². The number of carboxylic acid groups (broad SMARTS) is 1. The maximum absolute atomic E-state index is 13.7. The Morgan fingerprint density at radius 1 is 0.794 bits per heavy atom. The number of aryl methyl sites for hydroxylation is 1. The quantitative estimate of drug-likeness (QED) is 0.534. The molecule has 1 saturated carbocycles. The Balaban J connectivity index is 1.51. The van der Waals surface area contributed by atoms with Gasteiger partial charge in [0.2, 0.25) is 0 Å². The van der Waals surface area contributed by atoms with Gasteiger partial charge in [0.1, 0.15) is 11.9 Å². The number of esters is 1. The van der Waals surface area contributed by atoms with Crippen LogP contribution in [0.1, 0.15) is 39.7 Å². The highest BCUT2D eigenvalue weighted by Gasteiger charge is 2.60. The van der Waals surface area contributed by atoms with E-state index in [9.17, 15) is 14.7 Å². The van der Waals surface area contributed by atoms with Crippen LogP contribution in [0.4, 0.5) is 0 Å². The normalized spacial score (nSPS) is 23.6. The largest absolute Gasteiger partial charge is 0.496 e. The zero-order valence-electron chi connectivity index (χ0n) is 19.3. The van der Waals surface area contributed by atoms with E-state index >= 15 is 0 Å². The number of carbonyl (C=O) groups is 2. The standard InChI is InChI=1S/C29H28O5/c1-17-9-3-6-12-21(17)24-26(28(30)31)25(22-13-7-8-14-23(22)33-2)27(24)29(32)34-20-15-18-10-4-5-11-19(18)16-20/h3-14,20,24-27H,15-16H2,1-2H3,(H,30,31)/t24-,25-,26-,27+/m0/s1. The van der Waals surface area contributed by atoms with Crippen LogP contribution in [-0.2, 0) is 27.2 Å². The first kappa shape index (κ1) is 22.2. The van der Waals surface area contributed by atoms with Crippen LogP contribution in [0.15, 0.2) is 72.8 Å². The fourth-order valence-electron chi connectivity index (χ4n) is 5.87. The molecule has 0 amide bonds. The molecule has 0 unspecified atom stereocenters. The van der Waals surface area contributed by atoms with Gasteiger partial charge in [0, 0.05) is 24.7 Å². The predicted octanol–water partition coefficient (Wildman–Crippen LogP) is 4.91. The van der Waals surface area contributed by atoms with Crippen molar-refractivity contribution in [1.29, 1.82) is 0 Å². The van der Waals surface area contributed by atoms with Crippen molar-refractivity contribution in [2.45, 2.75) is 37.7 Å². The molecule has 174 valence electrons. The minimum atomic E-state index is -0.915. The highest BCUT2D eigenvalue weighted by atomic mass is 16.5. The van der Waals surface area contributed by atoms with E-state index < -0.39 is 29.6 Å². The van der Waals surface area contributed by atoms with Crippen LogP contribution >= 0.6 is 0 Å². The Bertz CT molecular complexity index is 1210. The molecule has 5 nitrogen and oxygen atoms in total. The van der Waals surface area contributed by atoms with E-state index in [2.05, 4.69) is 12.1 Å². The molecule has 5 heteroatoms. The van der Waals surface area contributed by atoms with Crippen molar-refractivity contribution in [2.24, 2.45) is 11.8 Å². The molecule has 0 aliphatic heterocycles. The highest BCUT2D eigenvalue weighted by Crippen LogP contribution is 2.60. The molecule has 1 N–H and O–H groups in total. The zero-order valence-corrected chi connectivity index (χ0v) is 19.3. The van der Waals surface area contributed by atoms with Crippen LogP contribution in [0, 0.1) is 18.8 Å². The lowest BCUT2D eigenvalue weighted by atomic mass is 9.52. The number of rotatable bonds is 6. The summed E-state index contributed by atoms with van der Waals surface area (Å²) < 4.78 is 11.6. The molecule has 1 fully saturated rings. The third-order valence-corrected chi connectivity index (χ3v) is 7.45. The first-order valence-corrected chi connectivity index (χ1v) is 11.7. The third kappa shape index (κ3) is 3.75. The van der Waals surface area contributed by atoms with Crippen molar-refractivity contribution in [2.75, 3.05) is 7.11 Å². The monoisotopic (exact) mass is 456 g/mol. The van der Waals surface area contributed by atoms with Crippen molar-refractivity contribution in [1.82, 2.24) is 0 Å². The average Bonchev–Trinajstić information content (AvgIpc) is 3.22. The van der Waals surface area contributed by atoms with Gasteiger partial charge in [0.25, 0.3) is 0 Å². The molecule has 0 spiro atoms. The Morgan fingerprint density at radius 2 is 1.35 bits per heavy atom. The molecule has 0 aromatic heterocycles. The van der Waals surface area contributed by atoms with Gasteiger partial charge >= 0.3 is 11.9 Å². The Hall–Kier alpha value is -3.60. The molecule has 3 aromatic carbocycles. The summed E-state index contributed by atoms with van der Waals surface area (Å²) in [5.74, 6) is -3.02. The highest BCUT2D eigenvalue weighted by molar-refractivity contribution is 5.85. The number of methoxy groups -OCH3 is 1. The van der Waals surface area contributed by atoms with Crippen molar-refractivity contribution >= 4 is 11.9 Å². The molecule has 3 aromatic rings. The first-order chi connectivity index (χ1) is 16.5. The van der Waals surface area contributed by atoms with Crippen LogP contribution in [-0.4, -0.2) is 30.3 Å². The first-order valence-electron chi connectivity index (χ1n) is 11.7. The van der Waals surface area contributed by atoms with E-state index in [-0.39, 0.29) is 12.1 Å². The zero-order chi connectivity index (χ0) is 23.8. The SMILES string of the molecule is COc1ccccc1[C@@H]1[C@H](C(=O)OC2Cc3ccccc3C2)[C@@H](c2ccccc2C)[C@@H]1C(=O)O. The second kappa shape index (κ2) is 8.98. The predicted molar refractivity (Wildman–Crippen MR) is 128 cm³/mol. The Labute approximate surface area is 199 Å².